The average molecular weight is 483 g/mol. The van der Waals surface area contributed by atoms with E-state index < -0.39 is 0 Å². The summed E-state index contributed by atoms with van der Waals surface area (Å²) < 4.78 is 1.99. The summed E-state index contributed by atoms with van der Waals surface area (Å²) >= 11 is 7.26. The molecule has 140 valence electrons. The Hall–Kier alpha value is -0.950. The number of phenols is 1. The Labute approximate surface area is 172 Å². The maximum atomic E-state index is 10.0. The van der Waals surface area contributed by atoms with Gasteiger partial charge in [0.25, 0.3) is 0 Å². The van der Waals surface area contributed by atoms with E-state index >= 15 is 0 Å². The second-order valence-corrected chi connectivity index (χ2v) is 8.16. The van der Waals surface area contributed by atoms with Gasteiger partial charge >= 0.3 is 0 Å². The number of phenolic OH excluding ortho intramolecular Hbond substituents is 1. The minimum absolute atomic E-state index is 0.127. The number of hydrogen-bond acceptors (Lipinski definition) is 4. The van der Waals surface area contributed by atoms with E-state index in [4.69, 9.17) is 4.98 Å². The highest BCUT2D eigenvalue weighted by atomic mass is 79.9. The minimum Gasteiger partial charge on any atom is -0.508 e. The first-order valence-electron chi connectivity index (χ1n) is 9.24. The van der Waals surface area contributed by atoms with Gasteiger partial charge in [-0.1, -0.05) is 29.8 Å². The Kier molecular flexibility index (Phi) is 6.72. The molecule has 1 atom stereocenters. The van der Waals surface area contributed by atoms with E-state index in [1.807, 2.05) is 26.1 Å². The van der Waals surface area contributed by atoms with Crippen molar-refractivity contribution in [3.8, 4) is 5.75 Å². The molecule has 1 aliphatic carbocycles. The maximum absolute atomic E-state index is 10.0. The highest BCUT2D eigenvalue weighted by molar-refractivity contribution is 9.10. The molecular weight excluding hydrogens is 458 g/mol. The molecular formula is C20H25Br2N3O. The topological polar surface area (TPSA) is 48.4 Å². The third kappa shape index (κ3) is 3.98. The van der Waals surface area contributed by atoms with Crippen LogP contribution in [-0.4, -0.2) is 41.2 Å². The summed E-state index contributed by atoms with van der Waals surface area (Å²) in [6.07, 6.45) is 3.75. The van der Waals surface area contributed by atoms with Gasteiger partial charge in [0.05, 0.1) is 11.7 Å². The fraction of sp³-hybridized carbons (Fsp3) is 0.450. The number of nitrogens with zero attached hydrogens (tertiary/aromatic N) is 2. The largest absolute Gasteiger partial charge is 0.508 e. The molecule has 2 N–H and O–H groups in total. The van der Waals surface area contributed by atoms with Gasteiger partial charge in [0, 0.05) is 41.3 Å². The smallest absolute Gasteiger partial charge is 0.117 e. The zero-order chi connectivity index (χ0) is 18.7. The second-order valence-electron chi connectivity index (χ2n) is 6.39. The van der Waals surface area contributed by atoms with Crippen LogP contribution in [0.2, 0.25) is 0 Å². The van der Waals surface area contributed by atoms with Gasteiger partial charge in [-0.25, -0.2) is 0 Å². The van der Waals surface area contributed by atoms with Crippen molar-refractivity contribution in [1.82, 2.24) is 15.2 Å². The summed E-state index contributed by atoms with van der Waals surface area (Å²) in [6, 6.07) is 6.04. The quantitative estimate of drug-likeness (QED) is 0.631. The zero-order valence-electron chi connectivity index (χ0n) is 15.2. The molecule has 2 heterocycles. The van der Waals surface area contributed by atoms with Gasteiger partial charge in [-0.05, 0) is 63.7 Å². The molecule has 6 heteroatoms. The molecule has 1 fully saturated rings. The molecule has 4 nitrogen and oxygen atoms in total. The van der Waals surface area contributed by atoms with Crippen LogP contribution in [0.4, 0.5) is 0 Å². The van der Waals surface area contributed by atoms with Crippen LogP contribution >= 0.6 is 31.9 Å². The number of halogens is 2. The van der Waals surface area contributed by atoms with E-state index in [2.05, 4.69) is 48.1 Å². The summed E-state index contributed by atoms with van der Waals surface area (Å²) in [5.74, 6) is 0.319. The second kappa shape index (κ2) is 8.83. The molecule has 1 aromatic carbocycles. The SMILES string of the molecule is CC.Oc1cc(Br)c2c(c1)CCc1cc(Br)cnc1C2N1CCNCC1. The number of aromatic nitrogens is 1. The summed E-state index contributed by atoms with van der Waals surface area (Å²) in [7, 11) is 0. The van der Waals surface area contributed by atoms with Gasteiger partial charge in [-0.15, -0.1) is 0 Å². The van der Waals surface area contributed by atoms with Gasteiger partial charge in [0.15, 0.2) is 0 Å². The van der Waals surface area contributed by atoms with Crippen molar-refractivity contribution in [2.75, 3.05) is 26.2 Å². The Morgan fingerprint density at radius 3 is 2.50 bits per heavy atom. The highest BCUT2D eigenvalue weighted by Crippen LogP contribution is 2.41. The van der Waals surface area contributed by atoms with E-state index in [0.29, 0.717) is 5.75 Å². The summed E-state index contributed by atoms with van der Waals surface area (Å²) in [4.78, 5) is 7.31. The molecule has 1 aromatic heterocycles. The van der Waals surface area contributed by atoms with Gasteiger partial charge < -0.3 is 10.4 Å². The van der Waals surface area contributed by atoms with E-state index in [1.54, 1.807) is 6.07 Å². The third-order valence-corrected chi connectivity index (χ3v) is 5.97. The van der Waals surface area contributed by atoms with Crippen molar-refractivity contribution in [3.05, 3.63) is 55.7 Å². The van der Waals surface area contributed by atoms with Crippen molar-refractivity contribution in [2.24, 2.45) is 0 Å². The van der Waals surface area contributed by atoms with Crippen molar-refractivity contribution in [2.45, 2.75) is 32.7 Å². The summed E-state index contributed by atoms with van der Waals surface area (Å²) in [6.45, 7) is 7.98. The van der Waals surface area contributed by atoms with Crippen LogP contribution in [0.15, 0.2) is 33.3 Å². The van der Waals surface area contributed by atoms with Gasteiger partial charge in [0.1, 0.15) is 5.75 Å². The molecule has 2 aromatic rings. The summed E-state index contributed by atoms with van der Waals surface area (Å²) in [5, 5.41) is 13.5. The number of benzene rings is 1. The molecule has 0 spiro atoms. The average Bonchev–Trinajstić information content (AvgIpc) is 2.81. The number of aryl methyl sites for hydroxylation is 2. The number of aromatic hydroxyl groups is 1. The lowest BCUT2D eigenvalue weighted by atomic mass is 9.96. The molecule has 4 rings (SSSR count). The molecule has 0 radical (unpaired) electrons. The van der Waals surface area contributed by atoms with Gasteiger partial charge in [0.2, 0.25) is 0 Å². The van der Waals surface area contributed by atoms with Crippen LogP contribution in [0.5, 0.6) is 5.75 Å². The molecule has 1 unspecified atom stereocenters. The first kappa shape index (κ1) is 19.8. The first-order chi connectivity index (χ1) is 12.6. The fourth-order valence-corrected chi connectivity index (χ4v) is 4.90. The molecule has 0 amide bonds. The van der Waals surface area contributed by atoms with Crippen LogP contribution in [0.3, 0.4) is 0 Å². The van der Waals surface area contributed by atoms with Gasteiger partial charge in [-0.2, -0.15) is 0 Å². The molecule has 1 aliphatic heterocycles. The van der Waals surface area contributed by atoms with Crippen molar-refractivity contribution >= 4 is 31.9 Å². The predicted octanol–water partition coefficient (Wildman–Crippen LogP) is 4.43. The number of nitrogens with one attached hydrogen (secondary N) is 1. The van der Waals surface area contributed by atoms with E-state index in [0.717, 1.165) is 53.7 Å². The molecule has 26 heavy (non-hydrogen) atoms. The number of hydrogen-bond donors (Lipinski definition) is 2. The third-order valence-electron chi connectivity index (χ3n) is 4.88. The van der Waals surface area contributed by atoms with Gasteiger partial charge in [-0.3, -0.25) is 9.88 Å². The van der Waals surface area contributed by atoms with E-state index in [1.165, 1.54) is 16.7 Å². The van der Waals surface area contributed by atoms with Crippen LogP contribution in [0.1, 0.15) is 42.3 Å². The van der Waals surface area contributed by atoms with Crippen LogP contribution < -0.4 is 5.32 Å². The Morgan fingerprint density at radius 2 is 1.77 bits per heavy atom. The molecule has 0 saturated carbocycles. The van der Waals surface area contributed by atoms with Crippen LogP contribution in [0, 0.1) is 0 Å². The Balaban J connectivity index is 0.000000948. The number of fused-ring (bicyclic) bond motifs is 2. The lowest BCUT2D eigenvalue weighted by molar-refractivity contribution is 0.194. The molecule has 0 bridgehead atoms. The highest BCUT2D eigenvalue weighted by Gasteiger charge is 2.32. The lowest BCUT2D eigenvalue weighted by Crippen LogP contribution is -2.45. The van der Waals surface area contributed by atoms with Crippen LogP contribution in [0.25, 0.3) is 0 Å². The number of rotatable bonds is 1. The Bertz CT molecular complexity index is 776. The number of piperazine rings is 1. The standard InChI is InChI=1S/C18H19Br2N3O.C2H6/c19-13-7-12-2-1-11-8-14(24)9-15(20)16(11)18(17(12)22-10-13)23-5-3-21-4-6-23;1-2/h7-10,18,21,24H,1-6H2;1-2H3. The van der Waals surface area contributed by atoms with Crippen LogP contribution in [-0.2, 0) is 12.8 Å². The number of pyridine rings is 1. The van der Waals surface area contributed by atoms with E-state index in [-0.39, 0.29) is 6.04 Å². The zero-order valence-corrected chi connectivity index (χ0v) is 18.4. The molecule has 2 aliphatic rings. The normalized spacial score (nSPS) is 19.6. The minimum atomic E-state index is 0.127. The fourth-order valence-electron chi connectivity index (χ4n) is 3.81. The predicted molar refractivity (Wildman–Crippen MR) is 113 cm³/mol. The maximum Gasteiger partial charge on any atom is 0.117 e. The Morgan fingerprint density at radius 1 is 1.08 bits per heavy atom. The molecule has 1 saturated heterocycles. The van der Waals surface area contributed by atoms with E-state index in [9.17, 15) is 5.11 Å². The monoisotopic (exact) mass is 481 g/mol. The lowest BCUT2D eigenvalue weighted by Gasteiger charge is -2.36. The van der Waals surface area contributed by atoms with Crippen molar-refractivity contribution in [1.29, 1.82) is 0 Å². The van der Waals surface area contributed by atoms with Crippen molar-refractivity contribution in [3.63, 3.8) is 0 Å². The van der Waals surface area contributed by atoms with Crippen molar-refractivity contribution < 1.29 is 5.11 Å². The first-order valence-corrected chi connectivity index (χ1v) is 10.8. The summed E-state index contributed by atoms with van der Waals surface area (Å²) in [5.41, 5.74) is 4.89.